The standard InChI is InChI=1S/C20H24F3N3O/c1-19(2,3)16-11-17(26(25(16)4)12-13-9-10-13)24-18(27)14-7-5-6-8-15(14)20(21,22)23/h5-8,11,13H,9-10,12H2,1-4H3. The zero-order valence-corrected chi connectivity index (χ0v) is 16.0. The van der Waals surface area contributed by atoms with Gasteiger partial charge in [-0.25, -0.2) is 0 Å². The summed E-state index contributed by atoms with van der Waals surface area (Å²) in [6.07, 6.45) is -2.36. The average Bonchev–Trinajstić information content (AvgIpc) is 3.32. The molecule has 1 fully saturated rings. The second-order valence-electron chi connectivity index (χ2n) is 8.15. The topological polar surface area (TPSA) is 39.3 Å². The lowest BCUT2D eigenvalue weighted by atomic mass is 9.92. The molecule has 146 valence electrons. The maximum absolute atomic E-state index is 13.2. The van der Waals surface area contributed by atoms with E-state index >= 15 is 0 Å². The number of benzene rings is 1. The summed E-state index contributed by atoms with van der Waals surface area (Å²) in [4.78, 5) is 16.7. The van der Waals surface area contributed by atoms with E-state index in [4.69, 9.17) is 0 Å². The molecular formula is C20H24F3N3O. The first-order valence-corrected chi connectivity index (χ1v) is 9.01. The van der Waals surface area contributed by atoms with E-state index in [1.165, 1.54) is 18.2 Å². The van der Waals surface area contributed by atoms with Crippen LogP contribution in [0.25, 0.3) is 0 Å². The monoisotopic (exact) mass is 379 g/mol. The molecule has 0 atom stereocenters. The van der Waals surface area contributed by atoms with Crippen molar-refractivity contribution >= 4 is 5.91 Å². The van der Waals surface area contributed by atoms with Gasteiger partial charge in [0.2, 0.25) is 0 Å². The number of hydrogen-bond donors (Lipinski definition) is 0. The van der Waals surface area contributed by atoms with E-state index in [0.29, 0.717) is 18.0 Å². The largest absolute Gasteiger partial charge is 0.417 e. The van der Waals surface area contributed by atoms with E-state index < -0.39 is 23.2 Å². The summed E-state index contributed by atoms with van der Waals surface area (Å²) in [5.74, 6) is -0.346. The van der Waals surface area contributed by atoms with Gasteiger partial charge in [-0.3, -0.25) is 14.2 Å². The zero-order chi connectivity index (χ0) is 20.0. The summed E-state index contributed by atoms with van der Waals surface area (Å²) in [5, 5.41) is 0. The van der Waals surface area contributed by atoms with Crippen LogP contribution in [0, 0.1) is 5.92 Å². The first kappa shape index (κ1) is 19.5. The van der Waals surface area contributed by atoms with Crippen LogP contribution in [0.3, 0.4) is 0 Å². The molecule has 1 amide bonds. The first-order chi connectivity index (χ1) is 12.5. The van der Waals surface area contributed by atoms with Crippen molar-refractivity contribution in [3.05, 3.63) is 52.6 Å². The molecule has 4 nitrogen and oxygen atoms in total. The van der Waals surface area contributed by atoms with Gasteiger partial charge in [0, 0.05) is 30.8 Å². The summed E-state index contributed by atoms with van der Waals surface area (Å²) < 4.78 is 43.5. The number of alkyl halides is 3. The van der Waals surface area contributed by atoms with Gasteiger partial charge < -0.3 is 0 Å². The fourth-order valence-corrected chi connectivity index (χ4v) is 3.21. The number of nitrogens with zero attached hydrogens (tertiary/aromatic N) is 3. The predicted molar refractivity (Wildman–Crippen MR) is 96.2 cm³/mol. The molecule has 0 saturated heterocycles. The number of carbonyl (C=O) groups excluding carboxylic acids is 1. The molecule has 0 unspecified atom stereocenters. The Labute approximate surface area is 156 Å². The van der Waals surface area contributed by atoms with Crippen LogP contribution < -0.4 is 5.49 Å². The van der Waals surface area contributed by atoms with Crippen LogP contribution in [0.2, 0.25) is 0 Å². The third-order valence-corrected chi connectivity index (χ3v) is 4.82. The second kappa shape index (κ2) is 6.69. The highest BCUT2D eigenvalue weighted by molar-refractivity contribution is 5.96. The second-order valence-corrected chi connectivity index (χ2v) is 8.15. The van der Waals surface area contributed by atoms with Crippen LogP contribution in [-0.2, 0) is 25.2 Å². The van der Waals surface area contributed by atoms with Gasteiger partial charge in [-0.2, -0.15) is 18.2 Å². The van der Waals surface area contributed by atoms with Crippen molar-refractivity contribution in [2.24, 2.45) is 18.0 Å². The average molecular weight is 379 g/mol. The van der Waals surface area contributed by atoms with Gasteiger partial charge in [0.15, 0.2) is 5.49 Å². The minimum absolute atomic E-state index is 0.180. The molecule has 0 aliphatic heterocycles. The quantitative estimate of drug-likeness (QED) is 0.784. The molecule has 0 N–H and O–H groups in total. The Balaban J connectivity index is 2.11. The van der Waals surface area contributed by atoms with Crippen molar-refractivity contribution < 1.29 is 18.0 Å². The van der Waals surface area contributed by atoms with Gasteiger partial charge >= 0.3 is 6.18 Å². The van der Waals surface area contributed by atoms with Crippen molar-refractivity contribution in [3.63, 3.8) is 0 Å². The Morgan fingerprint density at radius 1 is 1.19 bits per heavy atom. The summed E-state index contributed by atoms with van der Waals surface area (Å²) >= 11 is 0. The highest BCUT2D eigenvalue weighted by Crippen LogP contribution is 2.32. The number of halogens is 3. The molecule has 2 aromatic rings. The molecule has 27 heavy (non-hydrogen) atoms. The normalized spacial score (nSPS) is 16.0. The first-order valence-electron chi connectivity index (χ1n) is 9.01. The summed E-state index contributed by atoms with van der Waals surface area (Å²) in [7, 11) is 1.90. The van der Waals surface area contributed by atoms with Crippen molar-refractivity contribution in [2.45, 2.75) is 51.7 Å². The zero-order valence-electron chi connectivity index (χ0n) is 16.0. The molecule has 0 bridgehead atoms. The lowest BCUT2D eigenvalue weighted by Gasteiger charge is -2.20. The van der Waals surface area contributed by atoms with E-state index in [9.17, 15) is 18.0 Å². The van der Waals surface area contributed by atoms with Crippen LogP contribution >= 0.6 is 0 Å². The number of carbonyl (C=O) groups is 1. The Hall–Kier alpha value is -2.31. The van der Waals surface area contributed by atoms with Crippen LogP contribution in [0.1, 0.15) is 55.2 Å². The van der Waals surface area contributed by atoms with Gasteiger partial charge in [-0.05, 0) is 30.9 Å². The molecule has 1 aromatic carbocycles. The number of aromatic nitrogens is 2. The number of hydrogen-bond acceptors (Lipinski definition) is 1. The van der Waals surface area contributed by atoms with Crippen molar-refractivity contribution in [3.8, 4) is 0 Å². The Morgan fingerprint density at radius 2 is 1.81 bits per heavy atom. The fourth-order valence-electron chi connectivity index (χ4n) is 3.21. The minimum atomic E-state index is -4.60. The smallest absolute Gasteiger partial charge is 0.291 e. The molecule has 1 heterocycles. The van der Waals surface area contributed by atoms with Gasteiger partial charge in [0.1, 0.15) is 0 Å². The van der Waals surface area contributed by atoms with E-state index in [1.807, 2.05) is 37.2 Å². The molecule has 3 rings (SSSR count). The third-order valence-electron chi connectivity index (χ3n) is 4.82. The third kappa shape index (κ3) is 4.17. The molecular weight excluding hydrogens is 355 g/mol. The van der Waals surface area contributed by atoms with Crippen LogP contribution in [0.4, 0.5) is 13.2 Å². The fraction of sp³-hybridized carbons (Fsp3) is 0.500. The summed E-state index contributed by atoms with van der Waals surface area (Å²) in [5.41, 5.74) is -0.195. The van der Waals surface area contributed by atoms with Gasteiger partial charge in [-0.1, -0.05) is 32.9 Å². The molecule has 1 aromatic heterocycles. The summed E-state index contributed by atoms with van der Waals surface area (Å²) in [6.45, 7) is 6.86. The van der Waals surface area contributed by atoms with Crippen LogP contribution in [-0.4, -0.2) is 15.3 Å². The minimum Gasteiger partial charge on any atom is -0.291 e. The number of amides is 1. The van der Waals surface area contributed by atoms with Crippen LogP contribution in [0.5, 0.6) is 0 Å². The van der Waals surface area contributed by atoms with E-state index in [0.717, 1.165) is 24.6 Å². The Kier molecular flexibility index (Phi) is 4.82. The highest BCUT2D eigenvalue weighted by atomic mass is 19.4. The molecule has 1 aliphatic carbocycles. The molecule has 0 spiro atoms. The lowest BCUT2D eigenvalue weighted by molar-refractivity contribution is -0.137. The van der Waals surface area contributed by atoms with Gasteiger partial charge in [-0.15, -0.1) is 0 Å². The Morgan fingerprint density at radius 3 is 2.37 bits per heavy atom. The van der Waals surface area contributed by atoms with Gasteiger partial charge in [0.25, 0.3) is 5.91 Å². The molecule has 0 radical (unpaired) electrons. The molecule has 1 aliphatic rings. The van der Waals surface area contributed by atoms with Crippen LogP contribution in [0.15, 0.2) is 35.3 Å². The highest BCUT2D eigenvalue weighted by Gasteiger charge is 2.35. The SMILES string of the molecule is Cn1c(C(C)(C)C)cc(=NC(=O)c2ccccc2C(F)(F)F)n1CC1CC1. The number of rotatable bonds is 3. The van der Waals surface area contributed by atoms with Crippen molar-refractivity contribution in [2.75, 3.05) is 0 Å². The van der Waals surface area contributed by atoms with Crippen molar-refractivity contribution in [1.82, 2.24) is 9.36 Å². The Bertz CT molecular complexity index is 925. The van der Waals surface area contributed by atoms with E-state index in [2.05, 4.69) is 4.99 Å². The predicted octanol–water partition coefficient (Wildman–Crippen LogP) is 4.29. The van der Waals surface area contributed by atoms with E-state index in [1.54, 1.807) is 6.07 Å². The van der Waals surface area contributed by atoms with Crippen molar-refractivity contribution in [1.29, 1.82) is 0 Å². The molecule has 7 heteroatoms. The van der Waals surface area contributed by atoms with E-state index in [-0.39, 0.29) is 5.41 Å². The maximum atomic E-state index is 13.2. The summed E-state index contributed by atoms with van der Waals surface area (Å²) in [6, 6.07) is 6.57. The molecule has 1 saturated carbocycles. The van der Waals surface area contributed by atoms with Gasteiger partial charge in [0.05, 0.1) is 11.1 Å². The lowest BCUT2D eigenvalue weighted by Crippen LogP contribution is -2.26. The maximum Gasteiger partial charge on any atom is 0.417 e.